The highest BCUT2D eigenvalue weighted by Gasteiger charge is 1.94. The van der Waals surface area contributed by atoms with Crippen LogP contribution in [0.15, 0.2) is 4.99 Å². The van der Waals surface area contributed by atoms with E-state index >= 15 is 0 Å². The molecule has 0 radical (unpaired) electrons. The molecule has 2 N–H and O–H groups in total. The molecule has 0 atom stereocenters. The fourth-order valence-electron chi connectivity index (χ4n) is 0.800. The first-order valence-corrected chi connectivity index (χ1v) is 4.78. The molecule has 0 unspecified atom stereocenters. The van der Waals surface area contributed by atoms with Crippen LogP contribution in [0.1, 0.15) is 33.1 Å². The van der Waals surface area contributed by atoms with Gasteiger partial charge in [0.15, 0.2) is 6.19 Å². The SMILES string of the molecule is CCCCNC(=NCCC)NC#N. The normalized spacial score (nSPS) is 10.7. The first kappa shape index (κ1) is 11.8. The third-order valence-corrected chi connectivity index (χ3v) is 1.49. The van der Waals surface area contributed by atoms with Crippen LogP contribution >= 0.6 is 0 Å². The van der Waals surface area contributed by atoms with Gasteiger partial charge >= 0.3 is 0 Å². The lowest BCUT2D eigenvalue weighted by atomic mass is 10.3. The van der Waals surface area contributed by atoms with Crippen LogP contribution in [0.4, 0.5) is 0 Å². The van der Waals surface area contributed by atoms with E-state index in [1.165, 1.54) is 0 Å². The summed E-state index contributed by atoms with van der Waals surface area (Å²) in [5, 5.41) is 14.0. The molecule has 0 fully saturated rings. The summed E-state index contributed by atoms with van der Waals surface area (Å²) in [5.41, 5.74) is 0. The molecule has 0 rings (SSSR count). The molecule has 0 amide bonds. The zero-order valence-electron chi connectivity index (χ0n) is 8.43. The average molecular weight is 182 g/mol. The van der Waals surface area contributed by atoms with Crippen LogP contribution < -0.4 is 10.6 Å². The molecule has 0 aromatic heterocycles. The third kappa shape index (κ3) is 7.13. The number of unbranched alkanes of at least 4 members (excludes halogenated alkanes) is 1. The van der Waals surface area contributed by atoms with Gasteiger partial charge in [0, 0.05) is 13.1 Å². The monoisotopic (exact) mass is 182 g/mol. The topological polar surface area (TPSA) is 60.2 Å². The second kappa shape index (κ2) is 8.85. The molecule has 0 aromatic carbocycles. The summed E-state index contributed by atoms with van der Waals surface area (Å²) in [6.07, 6.45) is 5.09. The van der Waals surface area contributed by atoms with E-state index in [1.54, 1.807) is 0 Å². The van der Waals surface area contributed by atoms with E-state index in [0.717, 1.165) is 32.4 Å². The van der Waals surface area contributed by atoms with E-state index < -0.39 is 0 Å². The molecule has 0 bridgehead atoms. The van der Waals surface area contributed by atoms with E-state index in [2.05, 4.69) is 29.5 Å². The van der Waals surface area contributed by atoms with Crippen LogP contribution in [-0.2, 0) is 0 Å². The summed E-state index contributed by atoms with van der Waals surface area (Å²) in [6, 6.07) is 0. The first-order chi connectivity index (χ1) is 6.35. The van der Waals surface area contributed by atoms with Crippen molar-refractivity contribution < 1.29 is 0 Å². The lowest BCUT2D eigenvalue weighted by Gasteiger charge is -2.06. The minimum absolute atomic E-state index is 0.595. The van der Waals surface area contributed by atoms with Gasteiger partial charge in [-0.15, -0.1) is 0 Å². The molecule has 0 saturated heterocycles. The van der Waals surface area contributed by atoms with Crippen molar-refractivity contribution in [1.29, 1.82) is 5.26 Å². The Morgan fingerprint density at radius 2 is 2.15 bits per heavy atom. The smallest absolute Gasteiger partial charge is 0.204 e. The third-order valence-electron chi connectivity index (χ3n) is 1.49. The van der Waals surface area contributed by atoms with Gasteiger partial charge in [-0.2, -0.15) is 5.26 Å². The largest absolute Gasteiger partial charge is 0.356 e. The van der Waals surface area contributed by atoms with Crippen molar-refractivity contribution in [3.05, 3.63) is 0 Å². The van der Waals surface area contributed by atoms with E-state index in [1.807, 2.05) is 6.19 Å². The van der Waals surface area contributed by atoms with Crippen molar-refractivity contribution in [2.24, 2.45) is 4.99 Å². The highest BCUT2D eigenvalue weighted by molar-refractivity contribution is 5.81. The predicted octanol–water partition coefficient (Wildman–Crippen LogP) is 1.21. The molecular weight excluding hydrogens is 164 g/mol. The predicted molar refractivity (Wildman–Crippen MR) is 54.3 cm³/mol. The van der Waals surface area contributed by atoms with Gasteiger partial charge in [0.1, 0.15) is 0 Å². The maximum Gasteiger partial charge on any atom is 0.204 e. The van der Waals surface area contributed by atoms with Gasteiger partial charge in [-0.1, -0.05) is 20.3 Å². The van der Waals surface area contributed by atoms with Crippen LogP contribution in [0.3, 0.4) is 0 Å². The van der Waals surface area contributed by atoms with Gasteiger partial charge in [-0.25, -0.2) is 0 Å². The number of nitrogens with one attached hydrogen (secondary N) is 2. The van der Waals surface area contributed by atoms with E-state index in [9.17, 15) is 0 Å². The molecule has 0 spiro atoms. The number of nitriles is 1. The molecule has 4 nitrogen and oxygen atoms in total. The van der Waals surface area contributed by atoms with Gasteiger partial charge in [0.25, 0.3) is 0 Å². The fourth-order valence-corrected chi connectivity index (χ4v) is 0.800. The minimum Gasteiger partial charge on any atom is -0.356 e. The zero-order valence-corrected chi connectivity index (χ0v) is 8.43. The Bertz CT molecular complexity index is 181. The first-order valence-electron chi connectivity index (χ1n) is 4.78. The summed E-state index contributed by atoms with van der Waals surface area (Å²) in [6.45, 7) is 5.80. The van der Waals surface area contributed by atoms with Crippen LogP contribution in [0, 0.1) is 11.5 Å². The minimum atomic E-state index is 0.595. The van der Waals surface area contributed by atoms with Crippen molar-refractivity contribution in [3.63, 3.8) is 0 Å². The van der Waals surface area contributed by atoms with Crippen molar-refractivity contribution in [3.8, 4) is 6.19 Å². The van der Waals surface area contributed by atoms with E-state index in [0.29, 0.717) is 5.96 Å². The maximum absolute atomic E-state index is 8.41. The van der Waals surface area contributed by atoms with Crippen LogP contribution in [-0.4, -0.2) is 19.0 Å². The highest BCUT2D eigenvalue weighted by Crippen LogP contribution is 1.83. The second-order valence-corrected chi connectivity index (χ2v) is 2.75. The van der Waals surface area contributed by atoms with Crippen LogP contribution in [0.5, 0.6) is 0 Å². The molecule has 0 aliphatic rings. The lowest BCUT2D eigenvalue weighted by Crippen LogP contribution is -2.35. The molecule has 13 heavy (non-hydrogen) atoms. The average Bonchev–Trinajstić information content (AvgIpc) is 2.14. The Balaban J connectivity index is 3.74. The quantitative estimate of drug-likeness (QED) is 0.221. The van der Waals surface area contributed by atoms with Gasteiger partial charge in [0.05, 0.1) is 0 Å². The summed E-state index contributed by atoms with van der Waals surface area (Å²) < 4.78 is 0. The number of hydrogen-bond acceptors (Lipinski definition) is 2. The molecule has 0 saturated carbocycles. The molecule has 4 heteroatoms. The molecular formula is C9H18N4. The number of guanidine groups is 1. The standard InChI is InChI=1S/C9H18N4/c1-3-5-7-12-9(13-8-10)11-6-4-2/h3-7H2,1-2H3,(H2,11,12,13). The summed E-state index contributed by atoms with van der Waals surface area (Å²) >= 11 is 0. The number of nitrogens with zero attached hydrogens (tertiary/aromatic N) is 2. The van der Waals surface area contributed by atoms with Gasteiger partial charge in [-0.3, -0.25) is 10.3 Å². The number of aliphatic imine (C=N–C) groups is 1. The number of rotatable bonds is 5. The van der Waals surface area contributed by atoms with Crippen molar-refractivity contribution in [1.82, 2.24) is 10.6 Å². The molecule has 0 aliphatic carbocycles. The lowest BCUT2D eigenvalue weighted by molar-refractivity contribution is 0.740. The Kier molecular flexibility index (Phi) is 8.01. The van der Waals surface area contributed by atoms with Crippen LogP contribution in [0.2, 0.25) is 0 Å². The zero-order chi connectivity index (χ0) is 9.94. The molecule has 0 heterocycles. The summed E-state index contributed by atoms with van der Waals surface area (Å²) in [4.78, 5) is 4.18. The molecule has 74 valence electrons. The van der Waals surface area contributed by atoms with Crippen molar-refractivity contribution >= 4 is 5.96 Å². The Morgan fingerprint density at radius 1 is 1.38 bits per heavy atom. The number of hydrogen-bond donors (Lipinski definition) is 2. The highest BCUT2D eigenvalue weighted by atomic mass is 15.2. The Hall–Kier alpha value is -1.24. The fraction of sp³-hybridized carbons (Fsp3) is 0.778. The Morgan fingerprint density at radius 3 is 2.69 bits per heavy atom. The Labute approximate surface area is 80.0 Å². The van der Waals surface area contributed by atoms with Crippen LogP contribution in [0.25, 0.3) is 0 Å². The van der Waals surface area contributed by atoms with Crippen molar-refractivity contribution in [2.45, 2.75) is 33.1 Å². The molecule has 0 aliphatic heterocycles. The van der Waals surface area contributed by atoms with Gasteiger partial charge in [0.2, 0.25) is 5.96 Å². The van der Waals surface area contributed by atoms with Gasteiger partial charge in [-0.05, 0) is 12.8 Å². The molecule has 0 aromatic rings. The van der Waals surface area contributed by atoms with Gasteiger partial charge < -0.3 is 5.32 Å². The van der Waals surface area contributed by atoms with E-state index in [4.69, 9.17) is 5.26 Å². The summed E-state index contributed by atoms with van der Waals surface area (Å²) in [7, 11) is 0. The summed E-state index contributed by atoms with van der Waals surface area (Å²) in [5.74, 6) is 0.595. The van der Waals surface area contributed by atoms with E-state index in [-0.39, 0.29) is 0 Å². The van der Waals surface area contributed by atoms with Crippen molar-refractivity contribution in [2.75, 3.05) is 13.1 Å². The maximum atomic E-state index is 8.41. The second-order valence-electron chi connectivity index (χ2n) is 2.75.